The highest BCUT2D eigenvalue weighted by atomic mass is 32.1. The highest BCUT2D eigenvalue weighted by Crippen LogP contribution is 2.22. The maximum absolute atomic E-state index is 5.55. The number of anilines is 1. The fourth-order valence-electron chi connectivity index (χ4n) is 1.67. The van der Waals surface area contributed by atoms with Crippen LogP contribution in [0.5, 0.6) is 0 Å². The van der Waals surface area contributed by atoms with E-state index in [0.29, 0.717) is 12.2 Å². The Bertz CT molecular complexity index is 686. The first-order valence-corrected chi connectivity index (χ1v) is 6.37. The molecular weight excluding hydrogens is 248 g/mol. The van der Waals surface area contributed by atoms with E-state index < -0.39 is 0 Å². The van der Waals surface area contributed by atoms with Crippen LogP contribution in [0.25, 0.3) is 22.7 Å². The van der Waals surface area contributed by atoms with Crippen molar-refractivity contribution >= 4 is 28.3 Å². The van der Waals surface area contributed by atoms with E-state index in [2.05, 4.69) is 25.3 Å². The molecular formula is C11H12N6S. The van der Waals surface area contributed by atoms with Crippen molar-refractivity contribution in [2.75, 3.05) is 12.4 Å². The van der Waals surface area contributed by atoms with Gasteiger partial charge in [-0.2, -0.15) is 0 Å². The Kier molecular flexibility index (Phi) is 2.69. The maximum Gasteiger partial charge on any atom is 0.180 e. The molecule has 0 aromatic carbocycles. The molecule has 4 N–H and O–H groups in total. The Morgan fingerprint density at radius 1 is 1.33 bits per heavy atom. The number of rotatable bonds is 3. The molecule has 0 spiro atoms. The van der Waals surface area contributed by atoms with E-state index in [1.54, 1.807) is 0 Å². The first-order valence-electron chi connectivity index (χ1n) is 5.49. The third-order valence-electron chi connectivity index (χ3n) is 2.57. The standard InChI is InChI=1S/C11H12N6S/c1-13-8-3-2-6-10(16-8)17-11(15-6)7-5-18-9(4-12)14-7/h2-3,5H,4,12H2,1H3,(H2,13,15,16,17). The molecule has 0 saturated heterocycles. The van der Waals surface area contributed by atoms with Gasteiger partial charge in [-0.15, -0.1) is 11.3 Å². The van der Waals surface area contributed by atoms with Gasteiger partial charge in [0.1, 0.15) is 16.5 Å². The Morgan fingerprint density at radius 3 is 2.94 bits per heavy atom. The van der Waals surface area contributed by atoms with Crippen LogP contribution < -0.4 is 11.1 Å². The monoisotopic (exact) mass is 260 g/mol. The van der Waals surface area contributed by atoms with Gasteiger partial charge in [0.15, 0.2) is 11.5 Å². The van der Waals surface area contributed by atoms with Crippen molar-refractivity contribution < 1.29 is 0 Å². The van der Waals surface area contributed by atoms with Gasteiger partial charge < -0.3 is 16.0 Å². The second-order valence-corrected chi connectivity index (χ2v) is 4.68. The van der Waals surface area contributed by atoms with Crippen LogP contribution in [0.4, 0.5) is 5.82 Å². The van der Waals surface area contributed by atoms with Crippen molar-refractivity contribution in [3.63, 3.8) is 0 Å². The van der Waals surface area contributed by atoms with Crippen LogP contribution >= 0.6 is 11.3 Å². The van der Waals surface area contributed by atoms with Crippen LogP contribution in [0.2, 0.25) is 0 Å². The van der Waals surface area contributed by atoms with Crippen molar-refractivity contribution in [2.45, 2.75) is 6.54 Å². The van der Waals surface area contributed by atoms with Gasteiger partial charge in [-0.05, 0) is 12.1 Å². The van der Waals surface area contributed by atoms with Crippen LogP contribution in [0, 0.1) is 0 Å². The van der Waals surface area contributed by atoms with E-state index in [0.717, 1.165) is 27.9 Å². The molecule has 0 bridgehead atoms. The van der Waals surface area contributed by atoms with E-state index in [-0.39, 0.29) is 0 Å². The highest BCUT2D eigenvalue weighted by molar-refractivity contribution is 7.09. The summed E-state index contributed by atoms with van der Waals surface area (Å²) in [4.78, 5) is 16.4. The van der Waals surface area contributed by atoms with Crippen LogP contribution in [0.3, 0.4) is 0 Å². The number of hydrogen-bond acceptors (Lipinski definition) is 6. The molecule has 0 unspecified atom stereocenters. The summed E-state index contributed by atoms with van der Waals surface area (Å²) in [6, 6.07) is 3.84. The van der Waals surface area contributed by atoms with E-state index in [1.165, 1.54) is 11.3 Å². The molecule has 0 saturated carbocycles. The first-order chi connectivity index (χ1) is 8.80. The minimum Gasteiger partial charge on any atom is -0.373 e. The van der Waals surface area contributed by atoms with Crippen molar-refractivity contribution in [3.05, 3.63) is 22.5 Å². The predicted octanol–water partition coefficient (Wildman–Crippen LogP) is 1.58. The van der Waals surface area contributed by atoms with Gasteiger partial charge in [-0.3, -0.25) is 0 Å². The number of nitrogens with two attached hydrogens (primary N) is 1. The largest absolute Gasteiger partial charge is 0.373 e. The van der Waals surface area contributed by atoms with Crippen LogP contribution in [-0.2, 0) is 6.54 Å². The molecule has 6 nitrogen and oxygen atoms in total. The molecule has 0 radical (unpaired) electrons. The van der Waals surface area contributed by atoms with Gasteiger partial charge in [0.05, 0.1) is 5.52 Å². The minimum atomic E-state index is 0.451. The average Bonchev–Trinajstić information content (AvgIpc) is 3.03. The van der Waals surface area contributed by atoms with Gasteiger partial charge in [-0.1, -0.05) is 0 Å². The molecule has 92 valence electrons. The highest BCUT2D eigenvalue weighted by Gasteiger charge is 2.10. The molecule has 7 heteroatoms. The number of thiazole rings is 1. The third kappa shape index (κ3) is 1.83. The predicted molar refractivity (Wildman–Crippen MR) is 72.4 cm³/mol. The molecule has 0 atom stereocenters. The topological polar surface area (TPSA) is 92.5 Å². The zero-order chi connectivity index (χ0) is 12.5. The lowest BCUT2D eigenvalue weighted by Crippen LogP contribution is -1.94. The third-order valence-corrected chi connectivity index (χ3v) is 3.44. The summed E-state index contributed by atoms with van der Waals surface area (Å²) in [6.07, 6.45) is 0. The van der Waals surface area contributed by atoms with Crippen molar-refractivity contribution in [1.29, 1.82) is 0 Å². The average molecular weight is 260 g/mol. The Balaban J connectivity index is 2.07. The lowest BCUT2D eigenvalue weighted by atomic mass is 10.4. The molecule has 3 aromatic heterocycles. The van der Waals surface area contributed by atoms with Crippen molar-refractivity contribution in [3.8, 4) is 11.5 Å². The number of imidazole rings is 1. The Labute approximate surface area is 107 Å². The molecule has 0 aliphatic carbocycles. The van der Waals surface area contributed by atoms with Gasteiger partial charge in [0.2, 0.25) is 0 Å². The van der Waals surface area contributed by atoms with Gasteiger partial charge in [0, 0.05) is 19.0 Å². The van der Waals surface area contributed by atoms with Gasteiger partial charge in [-0.25, -0.2) is 15.0 Å². The number of aromatic amines is 1. The maximum atomic E-state index is 5.55. The van der Waals surface area contributed by atoms with Gasteiger partial charge >= 0.3 is 0 Å². The summed E-state index contributed by atoms with van der Waals surface area (Å²) < 4.78 is 0. The number of nitrogens with one attached hydrogen (secondary N) is 2. The quantitative estimate of drug-likeness (QED) is 0.665. The number of H-pyrrole nitrogens is 1. The SMILES string of the molecule is CNc1ccc2[nH]c(-c3csc(CN)n3)nc2n1. The zero-order valence-electron chi connectivity index (χ0n) is 9.77. The summed E-state index contributed by atoms with van der Waals surface area (Å²) in [5, 5.41) is 5.83. The van der Waals surface area contributed by atoms with Gasteiger partial charge in [0.25, 0.3) is 0 Å². The lowest BCUT2D eigenvalue weighted by molar-refractivity contribution is 1.04. The van der Waals surface area contributed by atoms with Crippen LogP contribution in [-0.4, -0.2) is 27.0 Å². The smallest absolute Gasteiger partial charge is 0.180 e. The summed E-state index contributed by atoms with van der Waals surface area (Å²) in [5.41, 5.74) is 7.94. The molecule has 0 aliphatic heterocycles. The molecule has 3 heterocycles. The van der Waals surface area contributed by atoms with E-state index in [9.17, 15) is 0 Å². The molecule has 0 amide bonds. The summed E-state index contributed by atoms with van der Waals surface area (Å²) in [5.74, 6) is 1.52. The number of fused-ring (bicyclic) bond motifs is 1. The first kappa shape index (κ1) is 11.1. The summed E-state index contributed by atoms with van der Waals surface area (Å²) >= 11 is 1.53. The number of pyridine rings is 1. The normalized spacial score (nSPS) is 11.0. The Hall–Kier alpha value is -1.99. The molecule has 0 fully saturated rings. The molecule has 3 aromatic rings. The Morgan fingerprint density at radius 2 is 2.22 bits per heavy atom. The molecule has 0 aliphatic rings. The fourth-order valence-corrected chi connectivity index (χ4v) is 2.33. The molecule has 3 rings (SSSR count). The number of aromatic nitrogens is 4. The second kappa shape index (κ2) is 4.35. The van der Waals surface area contributed by atoms with E-state index >= 15 is 0 Å². The summed E-state index contributed by atoms with van der Waals surface area (Å²) in [7, 11) is 1.83. The molecule has 18 heavy (non-hydrogen) atoms. The zero-order valence-corrected chi connectivity index (χ0v) is 10.6. The van der Waals surface area contributed by atoms with E-state index in [4.69, 9.17) is 5.73 Å². The van der Waals surface area contributed by atoms with Crippen molar-refractivity contribution in [2.24, 2.45) is 5.73 Å². The van der Waals surface area contributed by atoms with E-state index in [1.807, 2.05) is 24.6 Å². The van der Waals surface area contributed by atoms with Crippen molar-refractivity contribution in [1.82, 2.24) is 19.9 Å². The van der Waals surface area contributed by atoms with Crippen LogP contribution in [0.15, 0.2) is 17.5 Å². The minimum absolute atomic E-state index is 0.451. The second-order valence-electron chi connectivity index (χ2n) is 3.73. The summed E-state index contributed by atoms with van der Waals surface area (Å²) in [6.45, 7) is 0.451. The number of hydrogen-bond donors (Lipinski definition) is 3. The lowest BCUT2D eigenvalue weighted by Gasteiger charge is -1.95. The van der Waals surface area contributed by atoms with Crippen LogP contribution in [0.1, 0.15) is 5.01 Å². The number of nitrogens with zero attached hydrogens (tertiary/aromatic N) is 3. The fraction of sp³-hybridized carbons (Fsp3) is 0.182.